The van der Waals surface area contributed by atoms with Crippen LogP contribution in [0, 0.1) is 18.3 Å². The molecule has 6 nitrogen and oxygen atoms in total. The van der Waals surface area contributed by atoms with Crippen LogP contribution in [0.4, 0.5) is 5.69 Å². The molecule has 0 radical (unpaired) electrons. The second-order valence-corrected chi connectivity index (χ2v) is 5.11. The predicted molar refractivity (Wildman–Crippen MR) is 82.3 cm³/mol. The van der Waals surface area contributed by atoms with Crippen molar-refractivity contribution in [1.82, 2.24) is 15.1 Å². The quantitative estimate of drug-likeness (QED) is 0.921. The molecular weight excluding hydrogens is 278 g/mol. The van der Waals surface area contributed by atoms with Gasteiger partial charge in [0.25, 0.3) is 5.91 Å². The number of aromatic nitrogens is 2. The van der Waals surface area contributed by atoms with Gasteiger partial charge in [0, 0.05) is 6.54 Å². The maximum Gasteiger partial charge on any atom is 0.276 e. The van der Waals surface area contributed by atoms with E-state index in [0.29, 0.717) is 30.0 Å². The van der Waals surface area contributed by atoms with Gasteiger partial charge in [0.1, 0.15) is 5.69 Å². The highest BCUT2D eigenvalue weighted by Gasteiger charge is 2.27. The van der Waals surface area contributed by atoms with E-state index in [4.69, 9.17) is 5.26 Å². The third kappa shape index (κ3) is 2.27. The predicted octanol–water partition coefficient (Wildman–Crippen LogP) is 2.19. The van der Waals surface area contributed by atoms with E-state index < -0.39 is 0 Å². The number of amides is 1. The molecule has 22 heavy (non-hydrogen) atoms. The Bertz CT molecular complexity index is 795. The van der Waals surface area contributed by atoms with E-state index in [-0.39, 0.29) is 5.91 Å². The van der Waals surface area contributed by atoms with Crippen LogP contribution >= 0.6 is 0 Å². The lowest BCUT2D eigenvalue weighted by Crippen LogP contribution is -2.34. The van der Waals surface area contributed by atoms with Crippen LogP contribution in [0.15, 0.2) is 29.3 Å². The molecule has 3 rings (SSSR count). The summed E-state index contributed by atoms with van der Waals surface area (Å²) >= 11 is 0. The van der Waals surface area contributed by atoms with Gasteiger partial charge in [0.15, 0.2) is 5.69 Å². The number of nitrogens with zero attached hydrogens (tertiary/aromatic N) is 4. The summed E-state index contributed by atoms with van der Waals surface area (Å²) in [6, 6.07) is 9.32. The topological polar surface area (TPSA) is 85.1 Å². The molecule has 0 saturated carbocycles. The van der Waals surface area contributed by atoms with Gasteiger partial charge in [0.2, 0.25) is 0 Å². The number of likely N-dealkylation sites (N-methyl/N-ethyl adjacent to an activating group) is 1. The Morgan fingerprint density at radius 3 is 2.73 bits per heavy atom. The molecule has 0 spiro atoms. The fourth-order valence-corrected chi connectivity index (χ4v) is 2.43. The van der Waals surface area contributed by atoms with Crippen LogP contribution in [0.5, 0.6) is 0 Å². The maximum atomic E-state index is 12.5. The van der Waals surface area contributed by atoms with Gasteiger partial charge in [-0.15, -0.1) is 0 Å². The first-order chi connectivity index (χ1) is 10.6. The molecule has 0 saturated heterocycles. The van der Waals surface area contributed by atoms with E-state index in [9.17, 15) is 4.79 Å². The molecule has 6 heteroatoms. The summed E-state index contributed by atoms with van der Waals surface area (Å²) in [5.41, 5.74) is 4.03. The molecule has 110 valence electrons. The summed E-state index contributed by atoms with van der Waals surface area (Å²) < 4.78 is 0. The number of hydrogen-bond donors (Lipinski definition) is 1. The minimum atomic E-state index is -0.116. The van der Waals surface area contributed by atoms with E-state index in [1.807, 2.05) is 26.0 Å². The zero-order valence-electron chi connectivity index (χ0n) is 12.4. The first-order valence-electron chi connectivity index (χ1n) is 7.06. The Morgan fingerprint density at radius 1 is 1.36 bits per heavy atom. The monoisotopic (exact) mass is 293 g/mol. The van der Waals surface area contributed by atoms with Crippen LogP contribution in [0.2, 0.25) is 0 Å². The third-order valence-corrected chi connectivity index (χ3v) is 3.72. The second-order valence-electron chi connectivity index (χ2n) is 5.11. The highest BCUT2D eigenvalue weighted by molar-refractivity contribution is 6.10. The lowest BCUT2D eigenvalue weighted by Gasteiger charge is -2.18. The third-order valence-electron chi connectivity index (χ3n) is 3.72. The number of aliphatic imine (C=N–C) groups is 1. The molecule has 0 fully saturated rings. The number of carbonyl (C=O) groups excluding carboxylic acids is 1. The van der Waals surface area contributed by atoms with Crippen LogP contribution in [0.3, 0.4) is 0 Å². The van der Waals surface area contributed by atoms with Crippen LogP contribution in [0.25, 0.3) is 0 Å². The van der Waals surface area contributed by atoms with Gasteiger partial charge < -0.3 is 4.90 Å². The molecule has 2 heterocycles. The van der Waals surface area contributed by atoms with Crippen LogP contribution in [0.1, 0.15) is 34.2 Å². The van der Waals surface area contributed by atoms with E-state index in [2.05, 4.69) is 21.3 Å². The Balaban J connectivity index is 2.10. The number of carbonyl (C=O) groups is 1. The minimum Gasteiger partial charge on any atom is -0.332 e. The Morgan fingerprint density at radius 2 is 2.09 bits per heavy atom. The lowest BCUT2D eigenvalue weighted by atomic mass is 10.1. The first kappa shape index (κ1) is 14.0. The standard InChI is InChI=1S/C16H15N5O/c1-3-21-9-13(12-6-4-11(8-17)5-7-12)18-14-10(2)19-20-15(14)16(21)22/h4-7H,3,9H2,1-2H3,(H,19,20). The van der Waals surface area contributed by atoms with Gasteiger partial charge in [-0.2, -0.15) is 10.4 Å². The summed E-state index contributed by atoms with van der Waals surface area (Å²) in [6.07, 6.45) is 0. The smallest absolute Gasteiger partial charge is 0.276 e. The molecule has 0 unspecified atom stereocenters. The van der Waals surface area contributed by atoms with Crippen LogP contribution < -0.4 is 0 Å². The number of aromatic amines is 1. The summed E-state index contributed by atoms with van der Waals surface area (Å²) in [5.74, 6) is -0.116. The average molecular weight is 293 g/mol. The van der Waals surface area contributed by atoms with Crippen molar-refractivity contribution in [1.29, 1.82) is 5.26 Å². The van der Waals surface area contributed by atoms with Crippen molar-refractivity contribution in [3.05, 3.63) is 46.8 Å². The number of H-pyrrole nitrogens is 1. The van der Waals surface area contributed by atoms with Crippen molar-refractivity contribution in [2.24, 2.45) is 4.99 Å². The molecule has 0 bridgehead atoms. The van der Waals surface area contributed by atoms with Crippen molar-refractivity contribution in [2.75, 3.05) is 13.1 Å². The zero-order chi connectivity index (χ0) is 15.7. The molecule has 1 aromatic carbocycles. The maximum absolute atomic E-state index is 12.5. The fraction of sp³-hybridized carbons (Fsp3) is 0.250. The number of nitrogens with one attached hydrogen (secondary N) is 1. The molecule has 0 aliphatic carbocycles. The average Bonchev–Trinajstić information content (AvgIpc) is 2.84. The van der Waals surface area contributed by atoms with Crippen molar-refractivity contribution >= 4 is 17.3 Å². The van der Waals surface area contributed by atoms with Gasteiger partial charge in [-0.1, -0.05) is 12.1 Å². The first-order valence-corrected chi connectivity index (χ1v) is 7.06. The summed E-state index contributed by atoms with van der Waals surface area (Å²) in [4.78, 5) is 18.8. The van der Waals surface area contributed by atoms with E-state index >= 15 is 0 Å². The van der Waals surface area contributed by atoms with Crippen LogP contribution in [-0.4, -0.2) is 39.8 Å². The number of aryl methyl sites for hydroxylation is 1. The SMILES string of the molecule is CCN1CC(c2ccc(C#N)cc2)=Nc2c(n[nH]c2C)C1=O. The van der Waals surface area contributed by atoms with E-state index in [1.54, 1.807) is 17.0 Å². The molecule has 0 atom stereocenters. The zero-order valence-corrected chi connectivity index (χ0v) is 12.4. The van der Waals surface area contributed by atoms with Crippen molar-refractivity contribution in [3.8, 4) is 6.07 Å². The van der Waals surface area contributed by atoms with Crippen LogP contribution in [-0.2, 0) is 0 Å². The minimum absolute atomic E-state index is 0.116. The van der Waals surface area contributed by atoms with E-state index in [0.717, 1.165) is 17.0 Å². The van der Waals surface area contributed by atoms with Gasteiger partial charge in [-0.25, -0.2) is 4.99 Å². The lowest BCUT2D eigenvalue weighted by molar-refractivity contribution is 0.0784. The number of rotatable bonds is 2. The van der Waals surface area contributed by atoms with Crippen molar-refractivity contribution in [2.45, 2.75) is 13.8 Å². The molecular formula is C16H15N5O. The van der Waals surface area contributed by atoms with Gasteiger partial charge in [0.05, 0.1) is 29.6 Å². The Labute approximate surface area is 128 Å². The molecule has 1 aliphatic heterocycles. The van der Waals surface area contributed by atoms with E-state index in [1.165, 1.54) is 0 Å². The summed E-state index contributed by atoms with van der Waals surface area (Å²) in [6.45, 7) is 4.79. The molecule has 2 aromatic rings. The Kier molecular flexibility index (Phi) is 3.47. The van der Waals surface area contributed by atoms with Gasteiger partial charge in [-0.3, -0.25) is 9.89 Å². The fourth-order valence-electron chi connectivity index (χ4n) is 2.43. The molecule has 1 aliphatic rings. The van der Waals surface area contributed by atoms with Crippen molar-refractivity contribution < 1.29 is 4.79 Å². The highest BCUT2D eigenvalue weighted by atomic mass is 16.2. The second kappa shape index (κ2) is 5.45. The number of hydrogen-bond acceptors (Lipinski definition) is 4. The number of nitriles is 1. The number of benzene rings is 1. The molecule has 1 aromatic heterocycles. The summed E-state index contributed by atoms with van der Waals surface area (Å²) in [7, 11) is 0. The molecule has 1 N–H and O–H groups in total. The van der Waals surface area contributed by atoms with Gasteiger partial charge >= 0.3 is 0 Å². The van der Waals surface area contributed by atoms with Gasteiger partial charge in [-0.05, 0) is 31.5 Å². The largest absolute Gasteiger partial charge is 0.332 e. The highest BCUT2D eigenvalue weighted by Crippen LogP contribution is 2.27. The molecule has 1 amide bonds. The summed E-state index contributed by atoms with van der Waals surface area (Å²) in [5, 5.41) is 15.8. The Hall–Kier alpha value is -2.94. The normalized spacial score (nSPS) is 14.1. The van der Waals surface area contributed by atoms with Crippen molar-refractivity contribution in [3.63, 3.8) is 0 Å². The number of fused-ring (bicyclic) bond motifs is 1.